The minimum absolute atomic E-state index is 0.0854. The maximum atomic E-state index is 12.3. The topological polar surface area (TPSA) is 97.4 Å². The number of nitrogens with zero attached hydrogens (tertiary/aromatic N) is 1. The first-order valence-corrected chi connectivity index (χ1v) is 9.64. The van der Waals surface area contributed by atoms with Crippen molar-refractivity contribution in [2.45, 2.75) is 45.1 Å². The number of urea groups is 1. The number of fused-ring (bicyclic) bond motifs is 1. The van der Waals surface area contributed by atoms with Gasteiger partial charge in [-0.15, -0.1) is 0 Å². The Balaban J connectivity index is 1.54. The van der Waals surface area contributed by atoms with E-state index in [1.54, 1.807) is 31.2 Å². The lowest BCUT2D eigenvalue weighted by atomic mass is 9.96. The highest BCUT2D eigenvalue weighted by atomic mass is 35.5. The molecule has 2 N–H and O–H groups in total. The molecule has 0 radical (unpaired) electrons. The summed E-state index contributed by atoms with van der Waals surface area (Å²) in [7, 11) is 0. The molecule has 0 spiro atoms. The predicted molar refractivity (Wildman–Crippen MR) is 105 cm³/mol. The summed E-state index contributed by atoms with van der Waals surface area (Å²) in [5.74, 6) is -1.37. The van der Waals surface area contributed by atoms with Crippen molar-refractivity contribution in [3.8, 4) is 0 Å². The third-order valence-electron chi connectivity index (χ3n) is 4.71. The molecule has 3 rings (SSSR count). The van der Waals surface area contributed by atoms with E-state index in [4.69, 9.17) is 16.3 Å². The van der Waals surface area contributed by atoms with E-state index in [1.165, 1.54) is 6.42 Å². The number of carbonyl (C=O) groups is 3. The molecule has 8 heteroatoms. The quantitative estimate of drug-likeness (QED) is 0.761. The van der Waals surface area contributed by atoms with Crippen molar-refractivity contribution < 1.29 is 19.1 Å². The van der Waals surface area contributed by atoms with Crippen molar-refractivity contribution in [3.63, 3.8) is 0 Å². The smallest absolute Gasteiger partial charge is 0.340 e. The lowest BCUT2D eigenvalue weighted by Crippen LogP contribution is -2.46. The highest BCUT2D eigenvalue weighted by Gasteiger charge is 2.19. The van der Waals surface area contributed by atoms with Crippen LogP contribution in [0.2, 0.25) is 5.02 Å². The molecule has 0 saturated heterocycles. The number of nitrogens with one attached hydrogen (secondary N) is 2. The Kier molecular flexibility index (Phi) is 6.46. The van der Waals surface area contributed by atoms with Crippen molar-refractivity contribution >= 4 is 40.4 Å². The van der Waals surface area contributed by atoms with Gasteiger partial charge in [-0.3, -0.25) is 15.1 Å². The molecule has 1 aromatic heterocycles. The maximum Gasteiger partial charge on any atom is 0.340 e. The standard InChI is InChI=1S/C20H22ClN3O4/c1-12-16(10-13-9-14(21)7-8-17(13)22-12)19(26)28-11-18(25)24-20(27)23-15-5-3-2-4-6-15/h7-10,15H,2-6,11H2,1H3,(H2,23,24,25,27). The largest absolute Gasteiger partial charge is 0.452 e. The molecule has 7 nitrogen and oxygen atoms in total. The van der Waals surface area contributed by atoms with Crippen LogP contribution in [0.25, 0.3) is 10.9 Å². The first kappa shape index (κ1) is 20.1. The molecular weight excluding hydrogens is 382 g/mol. The second kappa shape index (κ2) is 9.01. The maximum absolute atomic E-state index is 12.3. The number of esters is 1. The minimum atomic E-state index is -0.685. The van der Waals surface area contributed by atoms with E-state index in [2.05, 4.69) is 15.6 Å². The lowest BCUT2D eigenvalue weighted by molar-refractivity contribution is -0.123. The summed E-state index contributed by atoms with van der Waals surface area (Å²) < 4.78 is 5.04. The highest BCUT2D eigenvalue weighted by Crippen LogP contribution is 2.21. The van der Waals surface area contributed by atoms with Crippen LogP contribution in [0, 0.1) is 6.92 Å². The Morgan fingerprint density at radius 2 is 1.93 bits per heavy atom. The van der Waals surface area contributed by atoms with E-state index in [0.717, 1.165) is 25.7 Å². The van der Waals surface area contributed by atoms with Gasteiger partial charge in [0.15, 0.2) is 6.61 Å². The van der Waals surface area contributed by atoms with E-state index in [-0.39, 0.29) is 11.6 Å². The number of pyridine rings is 1. The molecule has 0 atom stereocenters. The van der Waals surface area contributed by atoms with Crippen molar-refractivity contribution in [2.24, 2.45) is 0 Å². The van der Waals surface area contributed by atoms with Crippen LogP contribution in [0.4, 0.5) is 4.79 Å². The van der Waals surface area contributed by atoms with Crippen LogP contribution in [0.15, 0.2) is 24.3 Å². The first-order chi connectivity index (χ1) is 13.4. The zero-order valence-corrected chi connectivity index (χ0v) is 16.3. The lowest BCUT2D eigenvalue weighted by Gasteiger charge is -2.22. The van der Waals surface area contributed by atoms with Crippen molar-refractivity contribution in [3.05, 3.63) is 40.5 Å². The molecule has 2 aromatic rings. The van der Waals surface area contributed by atoms with Crippen LogP contribution >= 0.6 is 11.6 Å². The zero-order chi connectivity index (χ0) is 20.1. The van der Waals surface area contributed by atoms with Crippen LogP contribution in [0.3, 0.4) is 0 Å². The number of benzene rings is 1. The van der Waals surface area contributed by atoms with E-state index < -0.39 is 24.5 Å². The Bertz CT molecular complexity index is 910. The molecule has 1 aliphatic rings. The summed E-state index contributed by atoms with van der Waals surface area (Å²) in [5.41, 5.74) is 1.43. The van der Waals surface area contributed by atoms with Gasteiger partial charge in [0, 0.05) is 16.5 Å². The van der Waals surface area contributed by atoms with Gasteiger partial charge < -0.3 is 10.1 Å². The second-order valence-corrected chi connectivity index (χ2v) is 7.33. The summed E-state index contributed by atoms with van der Waals surface area (Å²) in [6, 6.07) is 6.32. The SMILES string of the molecule is Cc1nc2ccc(Cl)cc2cc1C(=O)OCC(=O)NC(=O)NC1CCCCC1. The van der Waals surface area contributed by atoms with Crippen LogP contribution in [-0.4, -0.2) is 35.5 Å². The number of imide groups is 1. The van der Waals surface area contributed by atoms with Crippen LogP contribution < -0.4 is 10.6 Å². The molecular formula is C20H22ClN3O4. The third-order valence-corrected chi connectivity index (χ3v) is 4.95. The molecule has 1 saturated carbocycles. The van der Waals surface area contributed by atoms with E-state index in [1.807, 2.05) is 0 Å². The number of hydrogen-bond acceptors (Lipinski definition) is 5. The Labute approximate surface area is 167 Å². The van der Waals surface area contributed by atoms with Gasteiger partial charge in [0.2, 0.25) is 0 Å². The molecule has 0 aliphatic heterocycles. The first-order valence-electron chi connectivity index (χ1n) is 9.27. The van der Waals surface area contributed by atoms with Crippen molar-refractivity contribution in [2.75, 3.05) is 6.61 Å². The zero-order valence-electron chi connectivity index (χ0n) is 15.6. The number of hydrogen-bond donors (Lipinski definition) is 2. The fourth-order valence-electron chi connectivity index (χ4n) is 3.29. The van der Waals surface area contributed by atoms with Gasteiger partial charge in [0.1, 0.15) is 0 Å². The fraction of sp³-hybridized carbons (Fsp3) is 0.400. The number of rotatable bonds is 4. The molecule has 28 heavy (non-hydrogen) atoms. The normalized spacial score (nSPS) is 14.5. The number of aromatic nitrogens is 1. The number of aryl methyl sites for hydroxylation is 1. The highest BCUT2D eigenvalue weighted by molar-refractivity contribution is 6.31. The summed E-state index contributed by atoms with van der Waals surface area (Å²) >= 11 is 5.98. The molecule has 148 valence electrons. The average molecular weight is 404 g/mol. The molecule has 3 amide bonds. The summed E-state index contributed by atoms with van der Waals surface area (Å²) in [6.45, 7) is 1.13. The van der Waals surface area contributed by atoms with Crippen molar-refractivity contribution in [1.29, 1.82) is 0 Å². The van der Waals surface area contributed by atoms with Crippen LogP contribution in [-0.2, 0) is 9.53 Å². The molecule has 1 aliphatic carbocycles. The average Bonchev–Trinajstić information content (AvgIpc) is 2.66. The Morgan fingerprint density at radius 3 is 2.68 bits per heavy atom. The molecule has 1 fully saturated rings. The van der Waals surface area contributed by atoms with Crippen molar-refractivity contribution in [1.82, 2.24) is 15.6 Å². The van der Waals surface area contributed by atoms with E-state index in [9.17, 15) is 14.4 Å². The van der Waals surface area contributed by atoms with Gasteiger partial charge >= 0.3 is 12.0 Å². The van der Waals surface area contributed by atoms with Gasteiger partial charge in [-0.25, -0.2) is 9.59 Å². The molecule has 1 heterocycles. The Hall–Kier alpha value is -2.67. The number of carbonyl (C=O) groups excluding carboxylic acids is 3. The number of halogens is 1. The molecule has 1 aromatic carbocycles. The fourth-order valence-corrected chi connectivity index (χ4v) is 3.47. The van der Waals surface area contributed by atoms with Gasteiger partial charge in [0.05, 0.1) is 16.8 Å². The monoisotopic (exact) mass is 403 g/mol. The summed E-state index contributed by atoms with van der Waals surface area (Å²) in [6.07, 6.45) is 5.13. The molecule has 0 unspecified atom stereocenters. The van der Waals surface area contributed by atoms with Gasteiger partial charge in [0.25, 0.3) is 5.91 Å². The van der Waals surface area contributed by atoms with Gasteiger partial charge in [-0.2, -0.15) is 0 Å². The minimum Gasteiger partial charge on any atom is -0.452 e. The van der Waals surface area contributed by atoms with E-state index >= 15 is 0 Å². The summed E-state index contributed by atoms with van der Waals surface area (Å²) in [4.78, 5) is 40.4. The number of ether oxygens (including phenoxy) is 1. The van der Waals surface area contributed by atoms with Crippen LogP contribution in [0.1, 0.15) is 48.2 Å². The van der Waals surface area contributed by atoms with Gasteiger partial charge in [-0.1, -0.05) is 30.9 Å². The third kappa shape index (κ3) is 5.19. The Morgan fingerprint density at radius 1 is 1.18 bits per heavy atom. The summed E-state index contributed by atoms with van der Waals surface area (Å²) in [5, 5.41) is 6.18. The molecule has 0 bridgehead atoms. The number of amides is 3. The second-order valence-electron chi connectivity index (χ2n) is 6.89. The van der Waals surface area contributed by atoms with Gasteiger partial charge in [-0.05, 0) is 44.0 Å². The van der Waals surface area contributed by atoms with E-state index in [0.29, 0.717) is 21.6 Å². The van der Waals surface area contributed by atoms with Crippen LogP contribution in [0.5, 0.6) is 0 Å². The predicted octanol–water partition coefficient (Wildman–Crippen LogP) is 3.51.